The number of rotatable bonds is 0. The van der Waals surface area contributed by atoms with Crippen LogP contribution in [0.2, 0.25) is 0 Å². The summed E-state index contributed by atoms with van der Waals surface area (Å²) in [6.07, 6.45) is 0. The van der Waals surface area contributed by atoms with Crippen molar-refractivity contribution in [3.05, 3.63) is 0 Å². The third-order valence-corrected chi connectivity index (χ3v) is 0. The zero-order valence-corrected chi connectivity index (χ0v) is 9.80. The predicted molar refractivity (Wildman–Crippen MR) is 19.9 cm³/mol. The third kappa shape index (κ3) is 120. The van der Waals surface area contributed by atoms with Gasteiger partial charge in [-0.15, -0.1) is 0 Å². The van der Waals surface area contributed by atoms with Crippen molar-refractivity contribution < 1.29 is 44.8 Å². The van der Waals surface area contributed by atoms with E-state index in [-0.39, 0.29) is 44.4 Å². The largest absolute Gasteiger partial charge is 2.00 e. The van der Waals surface area contributed by atoms with Crippen LogP contribution >= 0.6 is 0 Å². The molecule has 7 heteroatoms. The molecule has 0 aromatic carbocycles. The van der Waals surface area contributed by atoms with E-state index >= 15 is 0 Å². The van der Waals surface area contributed by atoms with Crippen LogP contribution in [0.25, 0.3) is 0 Å². The van der Waals surface area contributed by atoms with Gasteiger partial charge in [-0.2, -0.15) is 8.42 Å². The average molecular weight is 289 g/mol. The van der Waals surface area contributed by atoms with Gasteiger partial charge in [0.15, 0.2) is 0 Å². The van der Waals surface area contributed by atoms with E-state index in [9.17, 15) is 0 Å². The summed E-state index contributed by atoms with van der Waals surface area (Å²) in [5.74, 6) is 0. The zero-order valence-electron chi connectivity index (χ0n) is 3.23. The first-order valence-electron chi connectivity index (χ1n) is 0.698. The SMILES string of the molecule is O=S(=O)(O)O.[Cd+2].[Se-2]. The molecule has 0 saturated carbocycles. The Hall–Kier alpha value is 1.31. The summed E-state index contributed by atoms with van der Waals surface area (Å²) in [7, 11) is -4.67. The molecule has 0 fully saturated rings. The molecule has 40 valence electrons. The second-order valence-electron chi connectivity index (χ2n) is 0.448. The summed E-state index contributed by atoms with van der Waals surface area (Å²) in [4.78, 5) is 0. The summed E-state index contributed by atoms with van der Waals surface area (Å²) >= 11 is 0. The first kappa shape index (κ1) is 15.7. The molecule has 0 aliphatic rings. The smallest absolute Gasteiger partial charge is 2.00 e. The maximum Gasteiger partial charge on any atom is 2.00 e. The minimum Gasteiger partial charge on any atom is -2.00 e. The molecule has 0 bridgehead atoms. The molecule has 0 spiro atoms. The topological polar surface area (TPSA) is 74.6 Å². The Balaban J connectivity index is -0.0000000800. The molecule has 0 radical (unpaired) electrons. The first-order valence-corrected chi connectivity index (χ1v) is 2.10. The third-order valence-electron chi connectivity index (χ3n) is 0. The average Bonchev–Trinajstić information content (AvgIpc) is 0.722. The second kappa shape index (κ2) is 5.45. The Labute approximate surface area is 71.9 Å². The Morgan fingerprint density at radius 1 is 1.14 bits per heavy atom. The van der Waals surface area contributed by atoms with Crippen molar-refractivity contribution >= 4 is 27.5 Å². The van der Waals surface area contributed by atoms with E-state index in [0.29, 0.717) is 0 Å². The molecule has 4 nitrogen and oxygen atoms in total. The van der Waals surface area contributed by atoms with Crippen molar-refractivity contribution in [2.45, 2.75) is 0 Å². The molecular formula is H2CdO4SSe. The van der Waals surface area contributed by atoms with Gasteiger partial charge in [-0.05, 0) is 0 Å². The predicted octanol–water partition coefficient (Wildman–Crippen LogP) is -1.04. The van der Waals surface area contributed by atoms with Crippen LogP contribution in [0.1, 0.15) is 0 Å². The molecular weight excluding hydrogens is 287 g/mol. The van der Waals surface area contributed by atoms with Crippen molar-refractivity contribution in [3.8, 4) is 0 Å². The molecule has 0 aromatic rings. The van der Waals surface area contributed by atoms with Crippen LogP contribution in [0.4, 0.5) is 0 Å². The quantitative estimate of drug-likeness (QED) is 0.441. The van der Waals surface area contributed by atoms with E-state index < -0.39 is 10.4 Å². The molecule has 0 atom stereocenters. The molecule has 0 heterocycles. The normalized spacial score (nSPS) is 8.29. The minimum absolute atomic E-state index is 0. The van der Waals surface area contributed by atoms with Crippen LogP contribution < -0.4 is 0 Å². The van der Waals surface area contributed by atoms with Gasteiger partial charge in [0.2, 0.25) is 0 Å². The standard InChI is InChI=1S/Cd.H2O4S.Se/c;1-5(2,3)4;/h;(H2,1,2,3,4);/q+2;;-2. The minimum atomic E-state index is -4.67. The van der Waals surface area contributed by atoms with Crippen LogP contribution in [0.3, 0.4) is 0 Å². The van der Waals surface area contributed by atoms with E-state index in [1.165, 1.54) is 0 Å². The van der Waals surface area contributed by atoms with Crippen molar-refractivity contribution in [3.63, 3.8) is 0 Å². The molecule has 0 unspecified atom stereocenters. The van der Waals surface area contributed by atoms with E-state index in [4.69, 9.17) is 17.5 Å². The van der Waals surface area contributed by atoms with E-state index in [2.05, 4.69) is 0 Å². The van der Waals surface area contributed by atoms with Gasteiger partial charge in [-0.1, -0.05) is 0 Å². The van der Waals surface area contributed by atoms with Crippen LogP contribution in [-0.2, 0) is 37.7 Å². The van der Waals surface area contributed by atoms with Gasteiger partial charge in [0.1, 0.15) is 0 Å². The van der Waals surface area contributed by atoms with Crippen molar-refractivity contribution in [1.82, 2.24) is 0 Å². The van der Waals surface area contributed by atoms with E-state index in [1.807, 2.05) is 0 Å². The van der Waals surface area contributed by atoms with Crippen LogP contribution in [0.5, 0.6) is 0 Å². The summed E-state index contributed by atoms with van der Waals surface area (Å²) in [6, 6.07) is 0. The fraction of sp³-hybridized carbons (Fsp3) is 0. The summed E-state index contributed by atoms with van der Waals surface area (Å²) < 4.78 is 31.6. The van der Waals surface area contributed by atoms with Gasteiger partial charge in [-0.3, -0.25) is 9.11 Å². The second-order valence-corrected chi connectivity index (χ2v) is 1.34. The molecule has 0 rings (SSSR count). The van der Waals surface area contributed by atoms with Gasteiger partial charge in [0, 0.05) is 0 Å². The molecule has 0 aliphatic carbocycles. The Kier molecular flexibility index (Phi) is 12.3. The first-order chi connectivity index (χ1) is 2.00. The van der Waals surface area contributed by atoms with Gasteiger partial charge < -0.3 is 17.1 Å². The molecule has 0 amide bonds. The van der Waals surface area contributed by atoms with Crippen molar-refractivity contribution in [2.75, 3.05) is 0 Å². The Bertz CT molecular complexity index is 94.9. The molecule has 0 aromatic heterocycles. The molecule has 0 aliphatic heterocycles. The van der Waals surface area contributed by atoms with Crippen molar-refractivity contribution in [1.29, 1.82) is 0 Å². The molecule has 7 heavy (non-hydrogen) atoms. The Morgan fingerprint density at radius 3 is 1.14 bits per heavy atom. The zero-order chi connectivity index (χ0) is 4.50. The number of hydrogen-bond acceptors (Lipinski definition) is 2. The molecule has 0 saturated heterocycles. The van der Waals surface area contributed by atoms with Gasteiger partial charge in [0.05, 0.1) is 0 Å². The maximum atomic E-state index is 8.74. The van der Waals surface area contributed by atoms with E-state index in [0.717, 1.165) is 0 Å². The van der Waals surface area contributed by atoms with Crippen LogP contribution in [0.15, 0.2) is 0 Å². The van der Waals surface area contributed by atoms with Crippen LogP contribution in [0, 0.1) is 0 Å². The van der Waals surface area contributed by atoms with Gasteiger partial charge in [-0.25, -0.2) is 0 Å². The summed E-state index contributed by atoms with van der Waals surface area (Å²) in [5, 5.41) is 0. The monoisotopic (exact) mass is 292 g/mol. The van der Waals surface area contributed by atoms with Crippen LogP contribution in [-0.4, -0.2) is 34.6 Å². The van der Waals surface area contributed by atoms with Gasteiger partial charge in [0.25, 0.3) is 0 Å². The van der Waals surface area contributed by atoms with Crippen molar-refractivity contribution in [2.24, 2.45) is 0 Å². The summed E-state index contributed by atoms with van der Waals surface area (Å²) in [6.45, 7) is 0. The fourth-order valence-electron chi connectivity index (χ4n) is 0. The summed E-state index contributed by atoms with van der Waals surface area (Å²) in [5.41, 5.74) is 0. The number of hydrogen-bond donors (Lipinski definition) is 2. The maximum absolute atomic E-state index is 8.74. The van der Waals surface area contributed by atoms with E-state index in [1.54, 1.807) is 0 Å². The Morgan fingerprint density at radius 2 is 1.14 bits per heavy atom. The fourth-order valence-corrected chi connectivity index (χ4v) is 0. The van der Waals surface area contributed by atoms with Gasteiger partial charge >= 0.3 is 37.7 Å². The molecule has 2 N–H and O–H groups in total.